The van der Waals surface area contributed by atoms with E-state index in [2.05, 4.69) is 13.0 Å². The Bertz CT molecular complexity index is 302. The first-order valence-corrected chi connectivity index (χ1v) is 6.83. The molecule has 2 aliphatic rings. The van der Waals surface area contributed by atoms with Gasteiger partial charge in [0.2, 0.25) is 0 Å². The normalized spacial score (nSPS) is 43.7. The molecule has 1 saturated carbocycles. The molecule has 96 valence electrons. The molecule has 2 fully saturated rings. The van der Waals surface area contributed by atoms with Crippen molar-refractivity contribution in [1.29, 1.82) is 5.26 Å². The van der Waals surface area contributed by atoms with Crippen LogP contribution in [0.5, 0.6) is 0 Å². The highest BCUT2D eigenvalue weighted by Crippen LogP contribution is 2.50. The fraction of sp³-hybridized carbons (Fsp3) is 0.929. The summed E-state index contributed by atoms with van der Waals surface area (Å²) in [5, 5.41) is 20.6. The zero-order chi connectivity index (χ0) is 12.4. The van der Waals surface area contributed by atoms with Crippen molar-refractivity contribution >= 4 is 0 Å². The molecule has 0 bridgehead atoms. The summed E-state index contributed by atoms with van der Waals surface area (Å²) in [5.74, 6) is 0.552. The van der Waals surface area contributed by atoms with Gasteiger partial charge in [0, 0.05) is 19.6 Å². The Morgan fingerprint density at radius 1 is 1.24 bits per heavy atom. The van der Waals surface area contributed by atoms with Gasteiger partial charge in [-0.3, -0.25) is 0 Å². The third kappa shape index (κ3) is 2.34. The van der Waals surface area contributed by atoms with Crippen LogP contribution in [-0.2, 0) is 4.74 Å². The maximum absolute atomic E-state index is 10.9. The summed E-state index contributed by atoms with van der Waals surface area (Å²) in [7, 11) is 0. The first-order chi connectivity index (χ1) is 8.12. The van der Waals surface area contributed by atoms with Gasteiger partial charge in [0.05, 0.1) is 17.1 Å². The van der Waals surface area contributed by atoms with Crippen molar-refractivity contribution in [3.8, 4) is 6.07 Å². The van der Waals surface area contributed by atoms with E-state index in [-0.39, 0.29) is 0 Å². The van der Waals surface area contributed by atoms with E-state index in [0.29, 0.717) is 25.4 Å². The topological polar surface area (TPSA) is 53.2 Å². The van der Waals surface area contributed by atoms with Crippen LogP contribution in [0.2, 0.25) is 0 Å². The molecule has 0 amide bonds. The monoisotopic (exact) mass is 237 g/mol. The quantitative estimate of drug-likeness (QED) is 0.762. The van der Waals surface area contributed by atoms with Crippen molar-refractivity contribution in [3.05, 3.63) is 0 Å². The minimum Gasteiger partial charge on any atom is -0.388 e. The molecule has 0 aromatic rings. The lowest BCUT2D eigenvalue weighted by atomic mass is 9.59. The number of rotatable bonds is 1. The lowest BCUT2D eigenvalue weighted by Gasteiger charge is -2.46. The standard InChI is InChI=1S/C14H23NO2/c1-12-4-2-5-13(10-12,11-15)14(16)6-3-8-17-9-7-14/h12,16H,2-10H2,1H3. The molecule has 0 radical (unpaired) electrons. The van der Waals surface area contributed by atoms with Crippen LogP contribution in [0.1, 0.15) is 51.9 Å². The summed E-state index contributed by atoms with van der Waals surface area (Å²) >= 11 is 0. The molecule has 0 spiro atoms. The molecule has 0 aromatic carbocycles. The first-order valence-electron chi connectivity index (χ1n) is 6.83. The van der Waals surface area contributed by atoms with E-state index >= 15 is 0 Å². The van der Waals surface area contributed by atoms with Gasteiger partial charge in [-0.05, 0) is 31.6 Å². The lowest BCUT2D eigenvalue weighted by Crippen LogP contribution is -2.50. The Balaban J connectivity index is 2.23. The van der Waals surface area contributed by atoms with Gasteiger partial charge in [-0.15, -0.1) is 0 Å². The van der Waals surface area contributed by atoms with E-state index in [1.165, 1.54) is 6.42 Å². The molecule has 17 heavy (non-hydrogen) atoms. The van der Waals surface area contributed by atoms with E-state index < -0.39 is 11.0 Å². The smallest absolute Gasteiger partial charge is 0.0863 e. The van der Waals surface area contributed by atoms with Gasteiger partial charge >= 0.3 is 0 Å². The minimum atomic E-state index is -0.826. The SMILES string of the molecule is CC1CCCC(C#N)(C2(O)CCCOCC2)C1. The van der Waals surface area contributed by atoms with Crippen LogP contribution in [0.3, 0.4) is 0 Å². The average molecular weight is 237 g/mol. The van der Waals surface area contributed by atoms with Gasteiger partial charge in [0.15, 0.2) is 0 Å². The van der Waals surface area contributed by atoms with Crippen molar-refractivity contribution in [3.63, 3.8) is 0 Å². The van der Waals surface area contributed by atoms with Crippen LogP contribution in [0.25, 0.3) is 0 Å². The van der Waals surface area contributed by atoms with Gasteiger partial charge in [0.1, 0.15) is 0 Å². The molecule has 3 heteroatoms. The van der Waals surface area contributed by atoms with Crippen molar-refractivity contribution in [2.24, 2.45) is 11.3 Å². The first kappa shape index (κ1) is 12.9. The second-order valence-corrected chi connectivity index (χ2v) is 5.89. The number of nitriles is 1. The van der Waals surface area contributed by atoms with Gasteiger partial charge in [-0.2, -0.15) is 5.26 Å². The van der Waals surface area contributed by atoms with E-state index in [9.17, 15) is 10.4 Å². The molecule has 0 aromatic heterocycles. The van der Waals surface area contributed by atoms with Crippen LogP contribution in [0, 0.1) is 22.7 Å². The Morgan fingerprint density at radius 2 is 2.06 bits per heavy atom. The maximum atomic E-state index is 10.9. The molecule has 1 aliphatic heterocycles. The van der Waals surface area contributed by atoms with Crippen LogP contribution in [0.4, 0.5) is 0 Å². The predicted molar refractivity (Wildman–Crippen MR) is 65.3 cm³/mol. The van der Waals surface area contributed by atoms with Crippen molar-refractivity contribution < 1.29 is 9.84 Å². The molecular formula is C14H23NO2. The molecule has 2 rings (SSSR count). The van der Waals surface area contributed by atoms with Crippen LogP contribution < -0.4 is 0 Å². The Kier molecular flexibility index (Phi) is 3.75. The van der Waals surface area contributed by atoms with Crippen molar-refractivity contribution in [1.82, 2.24) is 0 Å². The zero-order valence-corrected chi connectivity index (χ0v) is 10.7. The maximum Gasteiger partial charge on any atom is 0.0863 e. The highest BCUT2D eigenvalue weighted by Gasteiger charge is 2.52. The fourth-order valence-electron chi connectivity index (χ4n) is 3.59. The highest BCUT2D eigenvalue weighted by molar-refractivity contribution is 5.13. The van der Waals surface area contributed by atoms with E-state index in [1.807, 2.05) is 0 Å². The Morgan fingerprint density at radius 3 is 2.76 bits per heavy atom. The van der Waals surface area contributed by atoms with Gasteiger partial charge in [-0.25, -0.2) is 0 Å². The molecule has 3 atom stereocenters. The lowest BCUT2D eigenvalue weighted by molar-refractivity contribution is -0.0922. The summed E-state index contributed by atoms with van der Waals surface area (Å²) in [6.45, 7) is 3.51. The van der Waals surface area contributed by atoms with Gasteiger partial charge < -0.3 is 9.84 Å². The number of hydrogen-bond acceptors (Lipinski definition) is 3. The third-order valence-electron chi connectivity index (χ3n) is 4.64. The molecule has 1 N–H and O–H groups in total. The molecule has 1 aliphatic carbocycles. The van der Waals surface area contributed by atoms with E-state index in [1.54, 1.807) is 0 Å². The third-order valence-corrected chi connectivity index (χ3v) is 4.64. The summed E-state index contributed by atoms with van der Waals surface area (Å²) in [6, 6.07) is 2.48. The molecule has 1 heterocycles. The van der Waals surface area contributed by atoms with E-state index in [0.717, 1.165) is 32.3 Å². The second-order valence-electron chi connectivity index (χ2n) is 5.89. The summed E-state index contributed by atoms with van der Waals surface area (Å²) in [6.07, 6.45) is 6.16. The van der Waals surface area contributed by atoms with Crippen molar-refractivity contribution in [2.45, 2.75) is 57.5 Å². The average Bonchev–Trinajstić information content (AvgIpc) is 2.55. The predicted octanol–water partition coefficient (Wildman–Crippen LogP) is 2.64. The minimum absolute atomic E-state index is 0.529. The highest BCUT2D eigenvalue weighted by atomic mass is 16.5. The molecular weight excluding hydrogens is 214 g/mol. The fourth-order valence-corrected chi connectivity index (χ4v) is 3.59. The van der Waals surface area contributed by atoms with Gasteiger partial charge in [0.25, 0.3) is 0 Å². The summed E-state index contributed by atoms with van der Waals surface area (Å²) < 4.78 is 5.43. The van der Waals surface area contributed by atoms with Crippen LogP contribution >= 0.6 is 0 Å². The number of ether oxygens (including phenoxy) is 1. The number of hydrogen-bond donors (Lipinski definition) is 1. The van der Waals surface area contributed by atoms with Crippen molar-refractivity contribution in [2.75, 3.05) is 13.2 Å². The Hall–Kier alpha value is -0.590. The largest absolute Gasteiger partial charge is 0.388 e. The summed E-state index contributed by atoms with van der Waals surface area (Å²) in [4.78, 5) is 0. The molecule has 3 unspecified atom stereocenters. The van der Waals surface area contributed by atoms with Gasteiger partial charge in [-0.1, -0.05) is 19.8 Å². The molecule has 3 nitrogen and oxygen atoms in total. The zero-order valence-electron chi connectivity index (χ0n) is 10.7. The summed E-state index contributed by atoms with van der Waals surface area (Å²) in [5.41, 5.74) is -1.36. The van der Waals surface area contributed by atoms with Crippen LogP contribution in [0.15, 0.2) is 0 Å². The second kappa shape index (κ2) is 4.96. The Labute approximate surface area is 104 Å². The number of nitrogens with zero attached hydrogens (tertiary/aromatic N) is 1. The van der Waals surface area contributed by atoms with E-state index in [4.69, 9.17) is 4.74 Å². The molecule has 1 saturated heterocycles. The number of aliphatic hydroxyl groups is 1. The van der Waals surface area contributed by atoms with Crippen LogP contribution in [-0.4, -0.2) is 23.9 Å².